The molecule has 2 aliphatic rings. The van der Waals surface area contributed by atoms with Gasteiger partial charge in [-0.2, -0.15) is 0 Å². The predicted octanol–water partition coefficient (Wildman–Crippen LogP) is 2.86. The van der Waals surface area contributed by atoms with Crippen LogP contribution >= 0.6 is 0 Å². The fourth-order valence-electron chi connectivity index (χ4n) is 4.72. The molecule has 1 fully saturated rings. The Morgan fingerprint density at radius 3 is 2.49 bits per heavy atom. The molecule has 2 aliphatic heterocycles. The smallest absolute Gasteiger partial charge is 0.274 e. The second-order valence-corrected chi connectivity index (χ2v) is 9.21. The molecule has 0 bridgehead atoms. The molecule has 1 N–H and O–H groups in total. The molecule has 188 valence electrons. The van der Waals surface area contributed by atoms with E-state index in [-0.39, 0.29) is 11.8 Å². The number of anilines is 1. The summed E-state index contributed by atoms with van der Waals surface area (Å²) < 4.78 is 5.98. The van der Waals surface area contributed by atoms with Crippen LogP contribution in [0.5, 0.6) is 5.75 Å². The van der Waals surface area contributed by atoms with Crippen molar-refractivity contribution in [2.75, 3.05) is 57.3 Å². The van der Waals surface area contributed by atoms with Crippen LogP contribution < -0.4 is 15.0 Å². The zero-order chi connectivity index (χ0) is 24.5. The average molecular weight is 480 g/mol. The molecule has 0 unspecified atom stereocenters. The Labute approximate surface area is 208 Å². The lowest BCUT2D eigenvalue weighted by atomic mass is 10.1. The van der Waals surface area contributed by atoms with Crippen molar-refractivity contribution in [2.24, 2.45) is 0 Å². The molecule has 0 spiro atoms. The Kier molecular flexibility index (Phi) is 9.08. The first-order valence-corrected chi connectivity index (χ1v) is 12.8. The minimum absolute atomic E-state index is 0.0272. The number of piperazine rings is 1. The van der Waals surface area contributed by atoms with Crippen molar-refractivity contribution < 1.29 is 14.3 Å². The van der Waals surface area contributed by atoms with Gasteiger partial charge in [-0.1, -0.05) is 37.3 Å². The highest BCUT2D eigenvalue weighted by Gasteiger charge is 2.36. The zero-order valence-corrected chi connectivity index (χ0v) is 20.7. The number of ether oxygens (including phenoxy) is 1. The van der Waals surface area contributed by atoms with E-state index in [9.17, 15) is 9.59 Å². The summed E-state index contributed by atoms with van der Waals surface area (Å²) in [7, 11) is 0. The molecule has 8 nitrogen and oxygen atoms in total. The number of rotatable bonds is 11. The summed E-state index contributed by atoms with van der Waals surface area (Å²) in [5.74, 6) is 0.978. The molecule has 1 aromatic heterocycles. The lowest BCUT2D eigenvalue weighted by Crippen LogP contribution is -2.47. The van der Waals surface area contributed by atoms with Crippen LogP contribution in [0.25, 0.3) is 0 Å². The predicted molar refractivity (Wildman–Crippen MR) is 136 cm³/mol. The number of benzene rings is 1. The molecule has 2 amide bonds. The fourth-order valence-corrected chi connectivity index (χ4v) is 4.72. The molecule has 2 aromatic rings. The number of fused-ring (bicyclic) bond motifs is 1. The minimum atomic E-state index is -0.703. The van der Waals surface area contributed by atoms with E-state index in [4.69, 9.17) is 4.74 Å². The molecular formula is C27H37N5O3. The third kappa shape index (κ3) is 6.80. The number of pyridine rings is 1. The third-order valence-electron chi connectivity index (χ3n) is 6.61. The van der Waals surface area contributed by atoms with Gasteiger partial charge in [0, 0.05) is 57.4 Å². The van der Waals surface area contributed by atoms with Gasteiger partial charge in [-0.25, -0.2) is 4.98 Å². The van der Waals surface area contributed by atoms with Crippen LogP contribution in [0, 0.1) is 0 Å². The van der Waals surface area contributed by atoms with Crippen LogP contribution in [0.4, 0.5) is 5.82 Å². The van der Waals surface area contributed by atoms with Crippen LogP contribution in [0.1, 0.15) is 44.3 Å². The van der Waals surface area contributed by atoms with Crippen LogP contribution in [0.3, 0.4) is 0 Å². The van der Waals surface area contributed by atoms with Gasteiger partial charge in [0.15, 0.2) is 11.6 Å². The van der Waals surface area contributed by atoms with E-state index in [1.807, 2.05) is 36.4 Å². The van der Waals surface area contributed by atoms with Crippen molar-refractivity contribution in [1.82, 2.24) is 20.1 Å². The number of nitrogens with one attached hydrogen (secondary N) is 1. The Hall–Kier alpha value is -2.97. The fraction of sp³-hybridized carbons (Fsp3) is 0.519. The highest BCUT2D eigenvalue weighted by Crippen LogP contribution is 2.37. The van der Waals surface area contributed by atoms with Gasteiger partial charge in [-0.05, 0) is 44.5 Å². The molecular weight excluding hydrogens is 442 g/mol. The number of carbonyl (C=O) groups excluding carboxylic acids is 2. The zero-order valence-electron chi connectivity index (χ0n) is 20.7. The molecule has 1 aromatic carbocycles. The topological polar surface area (TPSA) is 78.0 Å². The first-order chi connectivity index (χ1) is 17.2. The van der Waals surface area contributed by atoms with Gasteiger partial charge in [-0.3, -0.25) is 14.5 Å². The van der Waals surface area contributed by atoms with Crippen LogP contribution in [-0.2, 0) is 9.59 Å². The molecule has 0 saturated carbocycles. The summed E-state index contributed by atoms with van der Waals surface area (Å²) in [6.07, 6.45) is 4.06. The summed E-state index contributed by atoms with van der Waals surface area (Å²) in [4.78, 5) is 36.7. The Balaban J connectivity index is 1.20. The largest absolute Gasteiger partial charge is 0.472 e. The molecule has 4 rings (SSSR count). The third-order valence-corrected chi connectivity index (χ3v) is 6.61. The van der Waals surface area contributed by atoms with Gasteiger partial charge in [0.25, 0.3) is 5.91 Å². The lowest BCUT2D eigenvalue weighted by molar-refractivity contribution is -0.127. The van der Waals surface area contributed by atoms with Crippen LogP contribution in [-0.4, -0.2) is 79.0 Å². The average Bonchev–Trinajstić information content (AvgIpc) is 2.89. The highest BCUT2D eigenvalue weighted by atomic mass is 16.5. The highest BCUT2D eigenvalue weighted by molar-refractivity contribution is 5.99. The van der Waals surface area contributed by atoms with E-state index in [1.54, 1.807) is 17.2 Å². The molecule has 3 heterocycles. The number of nitrogens with zero attached hydrogens (tertiary/aromatic N) is 4. The van der Waals surface area contributed by atoms with E-state index in [1.165, 1.54) is 13.0 Å². The summed E-state index contributed by atoms with van der Waals surface area (Å²) in [5, 5.41) is 3.03. The number of amides is 2. The maximum absolute atomic E-state index is 13.2. The van der Waals surface area contributed by atoms with Crippen LogP contribution in [0.2, 0.25) is 0 Å². The van der Waals surface area contributed by atoms with Crippen molar-refractivity contribution in [3.8, 4) is 5.75 Å². The maximum Gasteiger partial charge on any atom is 0.274 e. The normalized spacial score (nSPS) is 18.7. The van der Waals surface area contributed by atoms with Crippen molar-refractivity contribution in [3.63, 3.8) is 0 Å². The number of carbonyl (C=O) groups is 2. The van der Waals surface area contributed by atoms with Gasteiger partial charge < -0.3 is 19.9 Å². The lowest BCUT2D eigenvalue weighted by Gasteiger charge is -2.34. The molecule has 8 heteroatoms. The standard InChI is InChI=1S/C27H37N5O3/c1-2-15-30-18-20-31(21-19-30)16-8-14-28-24(33)12-7-17-32-26-23(11-6-13-29-26)35-25(27(32)34)22-9-4-3-5-10-22/h3-6,9-11,13,25H,2,7-8,12,14-21H2,1H3,(H,28,33)/t25-/m1/s1. The van der Waals surface area contributed by atoms with Crippen LogP contribution in [0.15, 0.2) is 48.7 Å². The summed E-state index contributed by atoms with van der Waals surface area (Å²) in [6.45, 7) is 10.1. The van der Waals surface area contributed by atoms with Gasteiger partial charge in [0.2, 0.25) is 12.0 Å². The first kappa shape index (κ1) is 25.1. The van der Waals surface area contributed by atoms with Gasteiger partial charge in [-0.15, -0.1) is 0 Å². The summed E-state index contributed by atoms with van der Waals surface area (Å²) >= 11 is 0. The molecule has 0 aliphatic carbocycles. The summed E-state index contributed by atoms with van der Waals surface area (Å²) in [6, 6.07) is 13.1. The van der Waals surface area contributed by atoms with Crippen molar-refractivity contribution in [1.29, 1.82) is 0 Å². The SMILES string of the molecule is CCCN1CCN(CCCNC(=O)CCCN2C(=O)[C@@H](c3ccccc3)Oc3cccnc32)CC1. The second-order valence-electron chi connectivity index (χ2n) is 9.21. The van der Waals surface area contributed by atoms with Gasteiger partial charge >= 0.3 is 0 Å². The van der Waals surface area contributed by atoms with Crippen molar-refractivity contribution >= 4 is 17.6 Å². The monoisotopic (exact) mass is 479 g/mol. The minimum Gasteiger partial charge on any atom is -0.472 e. The summed E-state index contributed by atoms with van der Waals surface area (Å²) in [5.41, 5.74) is 0.807. The van der Waals surface area contributed by atoms with E-state index in [2.05, 4.69) is 27.0 Å². The Bertz CT molecular complexity index is 962. The quantitative estimate of drug-likeness (QED) is 0.500. The van der Waals surface area contributed by atoms with E-state index in [0.717, 1.165) is 44.7 Å². The first-order valence-electron chi connectivity index (χ1n) is 12.8. The second kappa shape index (κ2) is 12.7. The Morgan fingerprint density at radius 1 is 1.00 bits per heavy atom. The van der Waals surface area contributed by atoms with E-state index < -0.39 is 6.10 Å². The molecule has 35 heavy (non-hydrogen) atoms. The molecule has 1 saturated heterocycles. The van der Waals surface area contributed by atoms with Gasteiger partial charge in [0.05, 0.1) is 0 Å². The molecule has 1 atom stereocenters. The Morgan fingerprint density at radius 2 is 1.74 bits per heavy atom. The number of aromatic nitrogens is 1. The van der Waals surface area contributed by atoms with E-state index in [0.29, 0.717) is 37.5 Å². The maximum atomic E-state index is 13.2. The number of hydrogen-bond acceptors (Lipinski definition) is 6. The number of hydrogen-bond donors (Lipinski definition) is 1. The van der Waals surface area contributed by atoms with Crippen molar-refractivity contribution in [2.45, 2.75) is 38.7 Å². The van der Waals surface area contributed by atoms with Gasteiger partial charge in [0.1, 0.15) is 0 Å². The van der Waals surface area contributed by atoms with Crippen molar-refractivity contribution in [3.05, 3.63) is 54.2 Å². The van der Waals surface area contributed by atoms with E-state index >= 15 is 0 Å². The molecule has 0 radical (unpaired) electrons.